The molecule has 1 aliphatic rings. The molecule has 1 unspecified atom stereocenters. The van der Waals surface area contributed by atoms with Gasteiger partial charge in [-0.15, -0.1) is 0 Å². The van der Waals surface area contributed by atoms with Crippen molar-refractivity contribution in [2.45, 2.75) is 13.0 Å². The lowest BCUT2D eigenvalue weighted by Crippen LogP contribution is -2.26. The number of nitrogens with one attached hydrogen (secondary N) is 1. The summed E-state index contributed by atoms with van der Waals surface area (Å²) in [5, 5.41) is 4.31. The van der Waals surface area contributed by atoms with Crippen LogP contribution in [0.3, 0.4) is 0 Å². The molecule has 1 aromatic carbocycles. The van der Waals surface area contributed by atoms with E-state index in [2.05, 4.69) is 33.4 Å². The van der Waals surface area contributed by atoms with E-state index in [4.69, 9.17) is 11.6 Å². The number of anilines is 1. The molecule has 2 aromatic rings. The molecule has 3 rings (SSSR count). The van der Waals surface area contributed by atoms with E-state index < -0.39 is 0 Å². The minimum absolute atomic E-state index is 0.699. The van der Waals surface area contributed by atoms with E-state index in [-0.39, 0.29) is 0 Å². The molecule has 0 spiro atoms. The van der Waals surface area contributed by atoms with Crippen LogP contribution in [-0.2, 0) is 6.54 Å². The Labute approximate surface area is 131 Å². The van der Waals surface area contributed by atoms with Crippen LogP contribution in [-0.4, -0.2) is 24.6 Å². The maximum absolute atomic E-state index is 5.94. The zero-order chi connectivity index (χ0) is 14.5. The van der Waals surface area contributed by atoms with Crippen molar-refractivity contribution in [3.63, 3.8) is 0 Å². The summed E-state index contributed by atoms with van der Waals surface area (Å²) in [4.78, 5) is 6.76. The molecular formula is C17H20ClN3. The highest BCUT2D eigenvalue weighted by Gasteiger charge is 2.22. The zero-order valence-corrected chi connectivity index (χ0v) is 12.8. The van der Waals surface area contributed by atoms with Crippen LogP contribution in [0, 0.1) is 5.92 Å². The lowest BCUT2D eigenvalue weighted by atomic mass is 10.1. The average molecular weight is 302 g/mol. The third kappa shape index (κ3) is 3.96. The van der Waals surface area contributed by atoms with E-state index in [1.54, 1.807) is 0 Å². The van der Waals surface area contributed by atoms with E-state index >= 15 is 0 Å². The van der Waals surface area contributed by atoms with Gasteiger partial charge >= 0.3 is 0 Å². The first kappa shape index (κ1) is 14.4. The summed E-state index contributed by atoms with van der Waals surface area (Å²) >= 11 is 5.94. The van der Waals surface area contributed by atoms with Crippen LogP contribution in [0.5, 0.6) is 0 Å². The van der Waals surface area contributed by atoms with E-state index in [1.165, 1.54) is 12.1 Å². The molecule has 1 atom stereocenters. The summed E-state index contributed by atoms with van der Waals surface area (Å²) in [6.07, 6.45) is 3.08. The second kappa shape index (κ2) is 6.92. The van der Waals surface area contributed by atoms with Crippen molar-refractivity contribution in [3.05, 3.63) is 59.4 Å². The molecule has 0 saturated carbocycles. The summed E-state index contributed by atoms with van der Waals surface area (Å²) in [5.41, 5.74) is 2.37. The number of pyridine rings is 1. The molecule has 0 aliphatic carbocycles. The van der Waals surface area contributed by atoms with Crippen LogP contribution in [0.2, 0.25) is 5.02 Å². The minimum atomic E-state index is 0.699. The highest BCUT2D eigenvalue weighted by Crippen LogP contribution is 2.24. The molecule has 1 aromatic heterocycles. The van der Waals surface area contributed by atoms with Crippen LogP contribution in [0.4, 0.5) is 5.69 Å². The van der Waals surface area contributed by atoms with Gasteiger partial charge in [0, 0.05) is 43.1 Å². The molecule has 0 amide bonds. The summed E-state index contributed by atoms with van der Waals surface area (Å²) in [5.74, 6) is 0.699. The Bertz CT molecular complexity index is 556. The van der Waals surface area contributed by atoms with Gasteiger partial charge in [0.1, 0.15) is 0 Å². The maximum atomic E-state index is 5.94. The van der Waals surface area contributed by atoms with E-state index in [9.17, 15) is 0 Å². The number of halogens is 1. The van der Waals surface area contributed by atoms with Gasteiger partial charge in [0.2, 0.25) is 0 Å². The molecule has 21 heavy (non-hydrogen) atoms. The molecule has 0 bridgehead atoms. The minimum Gasteiger partial charge on any atom is -0.371 e. The number of hydrogen-bond acceptors (Lipinski definition) is 3. The number of rotatable bonds is 5. The van der Waals surface area contributed by atoms with Gasteiger partial charge in [-0.05, 0) is 48.7 Å². The molecule has 0 radical (unpaired) electrons. The van der Waals surface area contributed by atoms with Crippen molar-refractivity contribution in [1.29, 1.82) is 0 Å². The summed E-state index contributed by atoms with van der Waals surface area (Å²) in [6.45, 7) is 4.12. The highest BCUT2D eigenvalue weighted by atomic mass is 35.5. The quantitative estimate of drug-likeness (QED) is 0.918. The van der Waals surface area contributed by atoms with Crippen molar-refractivity contribution < 1.29 is 0 Å². The van der Waals surface area contributed by atoms with Crippen molar-refractivity contribution >= 4 is 17.3 Å². The smallest absolute Gasteiger partial charge is 0.0541 e. The Balaban J connectivity index is 1.45. The second-order valence-electron chi connectivity index (χ2n) is 5.53. The van der Waals surface area contributed by atoms with Gasteiger partial charge in [-0.3, -0.25) is 4.98 Å². The topological polar surface area (TPSA) is 28.2 Å². The fourth-order valence-electron chi connectivity index (χ4n) is 2.79. The fourth-order valence-corrected chi connectivity index (χ4v) is 2.92. The SMILES string of the molecule is Clc1ccc(N2CCC(CNCc3ccccn3)C2)cc1. The van der Waals surface area contributed by atoms with Gasteiger partial charge < -0.3 is 10.2 Å². The van der Waals surface area contributed by atoms with Gasteiger partial charge in [0.05, 0.1) is 5.69 Å². The van der Waals surface area contributed by atoms with Crippen molar-refractivity contribution in [2.75, 3.05) is 24.5 Å². The van der Waals surface area contributed by atoms with Gasteiger partial charge in [-0.2, -0.15) is 0 Å². The lowest BCUT2D eigenvalue weighted by Gasteiger charge is -2.19. The molecule has 4 heteroatoms. The summed E-state index contributed by atoms with van der Waals surface area (Å²) in [6, 6.07) is 14.2. The second-order valence-corrected chi connectivity index (χ2v) is 5.97. The molecule has 1 fully saturated rings. The summed E-state index contributed by atoms with van der Waals surface area (Å²) < 4.78 is 0. The fraction of sp³-hybridized carbons (Fsp3) is 0.353. The van der Waals surface area contributed by atoms with Crippen LogP contribution in [0.1, 0.15) is 12.1 Å². The number of aromatic nitrogens is 1. The molecule has 110 valence electrons. The standard InChI is InChI=1S/C17H20ClN3/c18-15-4-6-17(7-5-15)21-10-8-14(13-21)11-19-12-16-3-1-2-9-20-16/h1-7,9,14,19H,8,10-13H2. The van der Waals surface area contributed by atoms with Crippen LogP contribution < -0.4 is 10.2 Å². The molecule has 3 nitrogen and oxygen atoms in total. The monoisotopic (exact) mass is 301 g/mol. The van der Waals surface area contributed by atoms with E-state index in [0.29, 0.717) is 5.92 Å². The Morgan fingerprint density at radius 2 is 2.05 bits per heavy atom. The average Bonchev–Trinajstić information content (AvgIpc) is 2.98. The molecular weight excluding hydrogens is 282 g/mol. The molecule has 2 heterocycles. The maximum Gasteiger partial charge on any atom is 0.0541 e. The predicted molar refractivity (Wildman–Crippen MR) is 87.7 cm³/mol. The van der Waals surface area contributed by atoms with E-state index in [1.807, 2.05) is 30.5 Å². The third-order valence-electron chi connectivity index (χ3n) is 3.94. The van der Waals surface area contributed by atoms with Crippen LogP contribution in [0.15, 0.2) is 48.7 Å². The van der Waals surface area contributed by atoms with Gasteiger partial charge in [0.25, 0.3) is 0 Å². The number of benzene rings is 1. The Morgan fingerprint density at radius 1 is 1.19 bits per heavy atom. The highest BCUT2D eigenvalue weighted by molar-refractivity contribution is 6.30. The Hall–Kier alpha value is -1.58. The zero-order valence-electron chi connectivity index (χ0n) is 12.0. The normalized spacial score (nSPS) is 18.1. The predicted octanol–water partition coefficient (Wildman–Crippen LogP) is 3.35. The van der Waals surface area contributed by atoms with Crippen molar-refractivity contribution in [3.8, 4) is 0 Å². The Morgan fingerprint density at radius 3 is 2.81 bits per heavy atom. The Kier molecular flexibility index (Phi) is 4.73. The lowest BCUT2D eigenvalue weighted by molar-refractivity contribution is 0.514. The first-order valence-electron chi connectivity index (χ1n) is 7.42. The first-order valence-corrected chi connectivity index (χ1v) is 7.80. The van der Waals surface area contributed by atoms with Crippen molar-refractivity contribution in [1.82, 2.24) is 10.3 Å². The third-order valence-corrected chi connectivity index (χ3v) is 4.19. The van der Waals surface area contributed by atoms with Gasteiger partial charge in [0.15, 0.2) is 0 Å². The summed E-state index contributed by atoms with van der Waals surface area (Å²) in [7, 11) is 0. The van der Waals surface area contributed by atoms with Crippen LogP contribution >= 0.6 is 11.6 Å². The number of nitrogens with zero attached hydrogens (tertiary/aromatic N) is 2. The van der Waals surface area contributed by atoms with E-state index in [0.717, 1.165) is 36.9 Å². The number of hydrogen-bond donors (Lipinski definition) is 1. The van der Waals surface area contributed by atoms with Crippen LogP contribution in [0.25, 0.3) is 0 Å². The van der Waals surface area contributed by atoms with Crippen molar-refractivity contribution in [2.24, 2.45) is 5.92 Å². The van der Waals surface area contributed by atoms with Gasteiger partial charge in [-0.1, -0.05) is 17.7 Å². The largest absolute Gasteiger partial charge is 0.371 e. The molecule has 1 saturated heterocycles. The molecule has 1 aliphatic heterocycles. The molecule has 1 N–H and O–H groups in total. The first-order chi connectivity index (χ1) is 10.3. The van der Waals surface area contributed by atoms with Gasteiger partial charge in [-0.25, -0.2) is 0 Å².